The molecule has 0 aliphatic carbocycles. The molecule has 0 spiro atoms. The zero-order valence-corrected chi connectivity index (χ0v) is 10.4. The molecule has 0 atom stereocenters. The monoisotopic (exact) mass is 231 g/mol. The van der Waals surface area contributed by atoms with Crippen LogP contribution in [0.5, 0.6) is 0 Å². The van der Waals surface area contributed by atoms with E-state index in [-0.39, 0.29) is 0 Å². The fourth-order valence-electron chi connectivity index (χ4n) is 2.38. The maximum absolute atomic E-state index is 11.8. The van der Waals surface area contributed by atoms with Crippen molar-refractivity contribution in [3.05, 3.63) is 35.9 Å². The maximum Gasteiger partial charge on any atom is 0.138 e. The van der Waals surface area contributed by atoms with Crippen LogP contribution in [-0.2, 0) is 11.2 Å². The molecule has 1 aromatic carbocycles. The van der Waals surface area contributed by atoms with Gasteiger partial charge in [-0.25, -0.2) is 0 Å². The Kier molecular flexibility index (Phi) is 4.75. The molecule has 0 bridgehead atoms. The molecule has 0 N–H and O–H groups in total. The van der Waals surface area contributed by atoms with Crippen LogP contribution in [-0.4, -0.2) is 30.3 Å². The molecule has 1 saturated heterocycles. The van der Waals surface area contributed by atoms with Gasteiger partial charge in [0.2, 0.25) is 0 Å². The lowest BCUT2D eigenvalue weighted by Gasteiger charge is -2.25. The van der Waals surface area contributed by atoms with Crippen molar-refractivity contribution in [1.29, 1.82) is 0 Å². The second-order valence-corrected chi connectivity index (χ2v) is 4.85. The second kappa shape index (κ2) is 6.55. The van der Waals surface area contributed by atoms with Gasteiger partial charge in [-0.05, 0) is 31.5 Å². The van der Waals surface area contributed by atoms with Crippen molar-refractivity contribution in [3.63, 3.8) is 0 Å². The largest absolute Gasteiger partial charge is 0.303 e. The molecule has 1 aliphatic rings. The summed E-state index contributed by atoms with van der Waals surface area (Å²) in [5, 5.41) is 0. The van der Waals surface area contributed by atoms with Crippen molar-refractivity contribution in [2.45, 2.75) is 32.1 Å². The predicted octanol–water partition coefficient (Wildman–Crippen LogP) is 2.67. The summed E-state index contributed by atoms with van der Waals surface area (Å²) in [7, 11) is 0. The molecule has 1 fully saturated rings. The number of rotatable bonds is 5. The van der Waals surface area contributed by atoms with Gasteiger partial charge in [-0.3, -0.25) is 4.79 Å². The van der Waals surface area contributed by atoms with Gasteiger partial charge in [-0.2, -0.15) is 0 Å². The second-order valence-electron chi connectivity index (χ2n) is 4.85. The molecule has 92 valence electrons. The van der Waals surface area contributed by atoms with E-state index >= 15 is 0 Å². The van der Waals surface area contributed by atoms with Crippen LogP contribution in [0.3, 0.4) is 0 Å². The highest BCUT2D eigenvalue weighted by atomic mass is 16.1. The Balaban J connectivity index is 1.70. The summed E-state index contributed by atoms with van der Waals surface area (Å²) in [5.41, 5.74) is 1.14. The van der Waals surface area contributed by atoms with E-state index in [9.17, 15) is 4.79 Å². The normalized spacial score (nSPS) is 16.9. The lowest BCUT2D eigenvalue weighted by Crippen LogP contribution is -2.31. The Labute approximate surface area is 104 Å². The summed E-state index contributed by atoms with van der Waals surface area (Å²) in [6, 6.07) is 10.0. The maximum atomic E-state index is 11.8. The van der Waals surface area contributed by atoms with Gasteiger partial charge in [0.15, 0.2) is 0 Å². The van der Waals surface area contributed by atoms with E-state index < -0.39 is 0 Å². The number of carbonyl (C=O) groups is 1. The topological polar surface area (TPSA) is 20.3 Å². The van der Waals surface area contributed by atoms with Crippen molar-refractivity contribution < 1.29 is 4.79 Å². The first-order chi connectivity index (χ1) is 8.34. The van der Waals surface area contributed by atoms with E-state index in [1.165, 1.54) is 32.4 Å². The highest BCUT2D eigenvalue weighted by molar-refractivity contribution is 5.80. The van der Waals surface area contributed by atoms with E-state index in [1.807, 2.05) is 30.3 Å². The molecule has 2 heteroatoms. The van der Waals surface area contributed by atoms with Crippen LogP contribution in [0.25, 0.3) is 0 Å². The number of hydrogen-bond acceptors (Lipinski definition) is 2. The number of carbonyl (C=O) groups excluding carboxylic acids is 1. The summed E-state index contributed by atoms with van der Waals surface area (Å²) in [6.45, 7) is 3.31. The highest BCUT2D eigenvalue weighted by Crippen LogP contribution is 2.09. The minimum Gasteiger partial charge on any atom is -0.303 e. The number of hydrogen-bond donors (Lipinski definition) is 0. The lowest BCUT2D eigenvalue weighted by molar-refractivity contribution is -0.118. The molecule has 0 aromatic heterocycles. The van der Waals surface area contributed by atoms with Crippen LogP contribution in [0, 0.1) is 0 Å². The van der Waals surface area contributed by atoms with Crippen LogP contribution in [0.15, 0.2) is 30.3 Å². The zero-order valence-electron chi connectivity index (χ0n) is 10.4. The molecule has 0 saturated carbocycles. The molecule has 2 rings (SSSR count). The molecule has 0 unspecified atom stereocenters. The third-order valence-electron chi connectivity index (χ3n) is 3.40. The van der Waals surface area contributed by atoms with Gasteiger partial charge < -0.3 is 4.90 Å². The first-order valence-corrected chi connectivity index (χ1v) is 6.62. The van der Waals surface area contributed by atoms with E-state index in [2.05, 4.69) is 4.90 Å². The van der Waals surface area contributed by atoms with Gasteiger partial charge in [0.1, 0.15) is 5.78 Å². The fraction of sp³-hybridized carbons (Fsp3) is 0.533. The van der Waals surface area contributed by atoms with Gasteiger partial charge in [0.05, 0.1) is 0 Å². The van der Waals surface area contributed by atoms with E-state index in [4.69, 9.17) is 0 Å². The number of piperidine rings is 1. The molecule has 17 heavy (non-hydrogen) atoms. The Morgan fingerprint density at radius 3 is 2.47 bits per heavy atom. The Hall–Kier alpha value is -1.15. The third-order valence-corrected chi connectivity index (χ3v) is 3.40. The molecular formula is C15H21NO. The summed E-state index contributed by atoms with van der Waals surface area (Å²) in [4.78, 5) is 14.3. The number of benzene rings is 1. The zero-order chi connectivity index (χ0) is 11.9. The average molecular weight is 231 g/mol. The summed E-state index contributed by atoms with van der Waals surface area (Å²) >= 11 is 0. The van der Waals surface area contributed by atoms with Crippen molar-refractivity contribution in [3.8, 4) is 0 Å². The van der Waals surface area contributed by atoms with Gasteiger partial charge in [-0.1, -0.05) is 36.8 Å². The summed E-state index contributed by atoms with van der Waals surface area (Å²) in [6.07, 6.45) is 5.25. The van der Waals surface area contributed by atoms with Crippen LogP contribution < -0.4 is 0 Å². The van der Waals surface area contributed by atoms with Crippen LogP contribution in [0.4, 0.5) is 0 Å². The van der Waals surface area contributed by atoms with Gasteiger partial charge in [-0.15, -0.1) is 0 Å². The molecule has 0 amide bonds. The van der Waals surface area contributed by atoms with Crippen molar-refractivity contribution >= 4 is 5.78 Å². The van der Waals surface area contributed by atoms with Crippen LogP contribution >= 0.6 is 0 Å². The van der Waals surface area contributed by atoms with Gasteiger partial charge >= 0.3 is 0 Å². The standard InChI is InChI=1S/C15H21NO/c17-15(13-14-7-3-1-4-8-14)9-12-16-10-5-2-6-11-16/h1,3-4,7-8H,2,5-6,9-13H2. The minimum absolute atomic E-state index is 0.363. The van der Waals surface area contributed by atoms with E-state index in [0.29, 0.717) is 18.6 Å². The number of nitrogens with zero attached hydrogens (tertiary/aromatic N) is 1. The molecule has 1 aliphatic heterocycles. The third kappa shape index (κ3) is 4.31. The Morgan fingerprint density at radius 1 is 1.06 bits per heavy atom. The molecule has 1 heterocycles. The first-order valence-electron chi connectivity index (χ1n) is 6.62. The molecule has 1 aromatic rings. The smallest absolute Gasteiger partial charge is 0.138 e. The van der Waals surface area contributed by atoms with Crippen molar-refractivity contribution in [1.82, 2.24) is 4.90 Å². The van der Waals surface area contributed by atoms with Crippen LogP contribution in [0.2, 0.25) is 0 Å². The van der Waals surface area contributed by atoms with Crippen LogP contribution in [0.1, 0.15) is 31.2 Å². The summed E-state index contributed by atoms with van der Waals surface area (Å²) in [5.74, 6) is 0.363. The highest BCUT2D eigenvalue weighted by Gasteiger charge is 2.11. The van der Waals surface area contributed by atoms with E-state index in [0.717, 1.165) is 12.1 Å². The summed E-state index contributed by atoms with van der Waals surface area (Å²) < 4.78 is 0. The average Bonchev–Trinajstić information content (AvgIpc) is 2.39. The van der Waals surface area contributed by atoms with Crippen molar-refractivity contribution in [2.75, 3.05) is 19.6 Å². The van der Waals surface area contributed by atoms with Gasteiger partial charge in [0.25, 0.3) is 0 Å². The minimum atomic E-state index is 0.363. The molecular weight excluding hydrogens is 210 g/mol. The lowest BCUT2D eigenvalue weighted by atomic mass is 10.1. The Morgan fingerprint density at radius 2 is 1.76 bits per heavy atom. The van der Waals surface area contributed by atoms with Crippen molar-refractivity contribution in [2.24, 2.45) is 0 Å². The molecule has 0 radical (unpaired) electrons. The molecule has 2 nitrogen and oxygen atoms in total. The number of ketones is 1. The number of likely N-dealkylation sites (tertiary alicyclic amines) is 1. The fourth-order valence-corrected chi connectivity index (χ4v) is 2.38. The predicted molar refractivity (Wildman–Crippen MR) is 70.1 cm³/mol. The SMILES string of the molecule is O=C(CCN1CCCCC1)Cc1ccccc1. The van der Waals surface area contributed by atoms with E-state index in [1.54, 1.807) is 0 Å². The first kappa shape index (κ1) is 12.3. The quantitative estimate of drug-likeness (QED) is 0.776. The number of Topliss-reactive ketones (excluding diaryl/α,β-unsaturated/α-hetero) is 1. The van der Waals surface area contributed by atoms with Gasteiger partial charge in [0, 0.05) is 19.4 Å². The Bertz CT molecular complexity index is 341.